The van der Waals surface area contributed by atoms with Crippen LogP contribution in [0, 0.1) is 6.92 Å². The lowest BCUT2D eigenvalue weighted by molar-refractivity contribution is 0.786. The number of anilines is 1. The van der Waals surface area contributed by atoms with E-state index in [1.807, 2.05) is 24.6 Å². The van der Waals surface area contributed by atoms with Crippen molar-refractivity contribution in [3.8, 4) is 0 Å². The van der Waals surface area contributed by atoms with Crippen LogP contribution < -0.4 is 5.73 Å². The van der Waals surface area contributed by atoms with Crippen LogP contribution in [0.4, 0.5) is 5.95 Å². The highest BCUT2D eigenvalue weighted by atomic mass is 32.2. The number of rotatable bonds is 2. The van der Waals surface area contributed by atoms with Gasteiger partial charge in [-0.1, -0.05) is 0 Å². The molecule has 7 heteroatoms. The topological polar surface area (TPSA) is 82.5 Å². The number of nitrogen functional groups attached to an aromatic ring is 1. The van der Waals surface area contributed by atoms with Gasteiger partial charge in [0.1, 0.15) is 11.4 Å². The van der Waals surface area contributed by atoms with Crippen molar-refractivity contribution in [2.75, 3.05) is 5.73 Å². The molecule has 0 aliphatic heterocycles. The van der Waals surface area contributed by atoms with E-state index in [1.54, 1.807) is 6.33 Å². The molecular weight excluding hydrogens is 212 g/mol. The Kier molecular flexibility index (Phi) is 2.55. The molecule has 2 rings (SSSR count). The predicted molar refractivity (Wildman–Crippen MR) is 56.3 cm³/mol. The van der Waals surface area contributed by atoms with Gasteiger partial charge in [0.15, 0.2) is 5.16 Å². The Morgan fingerprint density at radius 1 is 1.40 bits per heavy atom. The van der Waals surface area contributed by atoms with Crippen LogP contribution in [0.25, 0.3) is 0 Å². The molecule has 78 valence electrons. The van der Waals surface area contributed by atoms with E-state index in [2.05, 4.69) is 20.2 Å². The molecule has 6 nitrogen and oxygen atoms in total. The van der Waals surface area contributed by atoms with Gasteiger partial charge in [0.05, 0.1) is 0 Å². The van der Waals surface area contributed by atoms with E-state index in [-0.39, 0.29) is 5.95 Å². The average molecular weight is 222 g/mol. The summed E-state index contributed by atoms with van der Waals surface area (Å²) in [5.41, 5.74) is 6.39. The number of aromatic nitrogens is 5. The third-order valence-electron chi connectivity index (χ3n) is 1.71. The van der Waals surface area contributed by atoms with Gasteiger partial charge >= 0.3 is 0 Å². The average Bonchev–Trinajstić information content (AvgIpc) is 2.50. The van der Waals surface area contributed by atoms with Gasteiger partial charge in [-0.25, -0.2) is 9.97 Å². The fourth-order valence-corrected chi connectivity index (χ4v) is 1.91. The van der Waals surface area contributed by atoms with Crippen LogP contribution in [0.15, 0.2) is 22.6 Å². The van der Waals surface area contributed by atoms with Gasteiger partial charge in [-0.2, -0.15) is 0 Å². The van der Waals surface area contributed by atoms with Gasteiger partial charge in [0.2, 0.25) is 5.95 Å². The highest BCUT2D eigenvalue weighted by molar-refractivity contribution is 7.99. The van der Waals surface area contributed by atoms with Crippen LogP contribution in [0.5, 0.6) is 0 Å². The molecule has 0 radical (unpaired) electrons. The van der Waals surface area contributed by atoms with Crippen molar-refractivity contribution in [1.29, 1.82) is 0 Å². The summed E-state index contributed by atoms with van der Waals surface area (Å²) in [7, 11) is 1.87. The number of hydrogen-bond acceptors (Lipinski definition) is 6. The normalized spacial score (nSPS) is 10.5. The third-order valence-corrected chi connectivity index (χ3v) is 2.68. The molecule has 0 fully saturated rings. The van der Waals surface area contributed by atoms with Crippen molar-refractivity contribution in [2.24, 2.45) is 7.05 Å². The molecule has 2 aromatic heterocycles. The lowest BCUT2D eigenvalue weighted by Gasteiger charge is -2.01. The fourth-order valence-electron chi connectivity index (χ4n) is 1.07. The van der Waals surface area contributed by atoms with Gasteiger partial charge in [0.25, 0.3) is 0 Å². The molecule has 0 saturated carbocycles. The molecule has 2 N–H and O–H groups in total. The maximum atomic E-state index is 5.55. The summed E-state index contributed by atoms with van der Waals surface area (Å²) in [6.45, 7) is 1.87. The quantitative estimate of drug-likeness (QED) is 0.751. The first-order chi connectivity index (χ1) is 7.15. The Balaban J connectivity index is 2.28. The molecule has 15 heavy (non-hydrogen) atoms. The summed E-state index contributed by atoms with van der Waals surface area (Å²) in [4.78, 5) is 8.09. The van der Waals surface area contributed by atoms with Crippen molar-refractivity contribution < 1.29 is 0 Å². The first kappa shape index (κ1) is 9.91. The Bertz CT molecular complexity index is 459. The minimum absolute atomic E-state index is 0.277. The van der Waals surface area contributed by atoms with E-state index >= 15 is 0 Å². The minimum Gasteiger partial charge on any atom is -0.368 e. The van der Waals surface area contributed by atoms with E-state index in [1.165, 1.54) is 11.8 Å². The summed E-state index contributed by atoms with van der Waals surface area (Å²) in [5, 5.41) is 9.27. The van der Waals surface area contributed by atoms with E-state index in [0.717, 1.165) is 15.9 Å². The minimum atomic E-state index is 0.277. The number of nitrogens with two attached hydrogens (primary N) is 1. The molecule has 2 aromatic rings. The smallest absolute Gasteiger partial charge is 0.221 e. The number of nitrogens with zero attached hydrogens (tertiary/aromatic N) is 5. The Hall–Kier alpha value is -1.63. The van der Waals surface area contributed by atoms with Crippen LogP contribution in [-0.2, 0) is 7.05 Å². The van der Waals surface area contributed by atoms with Crippen LogP contribution in [0.1, 0.15) is 5.69 Å². The zero-order chi connectivity index (χ0) is 10.8. The van der Waals surface area contributed by atoms with Crippen molar-refractivity contribution >= 4 is 17.7 Å². The standard InChI is InChI=1S/C8H10N6S/c1-5-3-6(12-7(9)11-5)15-8-13-10-4-14(8)2/h3-4H,1-2H3,(H2,9,11,12). The zero-order valence-corrected chi connectivity index (χ0v) is 9.19. The molecule has 0 atom stereocenters. The Morgan fingerprint density at radius 3 is 2.80 bits per heavy atom. The van der Waals surface area contributed by atoms with Crippen LogP contribution in [0.3, 0.4) is 0 Å². The molecular formula is C8H10N6S. The van der Waals surface area contributed by atoms with E-state index < -0.39 is 0 Å². The van der Waals surface area contributed by atoms with Gasteiger partial charge in [-0.3, -0.25) is 0 Å². The monoisotopic (exact) mass is 222 g/mol. The second-order valence-electron chi connectivity index (χ2n) is 3.03. The third kappa shape index (κ3) is 2.24. The largest absolute Gasteiger partial charge is 0.368 e. The first-order valence-corrected chi connectivity index (χ1v) is 5.10. The van der Waals surface area contributed by atoms with Crippen LogP contribution in [-0.4, -0.2) is 24.7 Å². The van der Waals surface area contributed by atoms with Gasteiger partial charge in [-0.15, -0.1) is 10.2 Å². The maximum absolute atomic E-state index is 5.55. The molecule has 0 aliphatic rings. The lowest BCUT2D eigenvalue weighted by Crippen LogP contribution is -1.98. The SMILES string of the molecule is Cc1cc(Sc2nncn2C)nc(N)n1. The van der Waals surface area contributed by atoms with Crippen molar-refractivity contribution in [3.63, 3.8) is 0 Å². The molecule has 0 unspecified atom stereocenters. The molecule has 2 heterocycles. The van der Waals surface area contributed by atoms with E-state index in [4.69, 9.17) is 5.73 Å². The molecule has 0 aliphatic carbocycles. The molecule has 0 saturated heterocycles. The molecule has 0 amide bonds. The van der Waals surface area contributed by atoms with Crippen molar-refractivity contribution in [3.05, 3.63) is 18.1 Å². The number of aryl methyl sites for hydroxylation is 2. The van der Waals surface area contributed by atoms with Crippen LogP contribution in [0.2, 0.25) is 0 Å². The van der Waals surface area contributed by atoms with Gasteiger partial charge < -0.3 is 10.3 Å². The summed E-state index contributed by atoms with van der Waals surface area (Å²) in [6, 6.07) is 1.86. The summed E-state index contributed by atoms with van der Waals surface area (Å²) in [5.74, 6) is 0.277. The summed E-state index contributed by atoms with van der Waals surface area (Å²) >= 11 is 1.41. The molecule has 0 spiro atoms. The highest BCUT2D eigenvalue weighted by Gasteiger charge is 2.06. The summed E-state index contributed by atoms with van der Waals surface area (Å²) < 4.78 is 1.82. The Labute approximate surface area is 90.9 Å². The first-order valence-electron chi connectivity index (χ1n) is 4.28. The predicted octanol–water partition coefficient (Wildman–Crippen LogP) is 0.647. The van der Waals surface area contributed by atoms with E-state index in [0.29, 0.717) is 0 Å². The maximum Gasteiger partial charge on any atom is 0.221 e. The van der Waals surface area contributed by atoms with Gasteiger partial charge in [0, 0.05) is 12.7 Å². The van der Waals surface area contributed by atoms with E-state index in [9.17, 15) is 0 Å². The lowest BCUT2D eigenvalue weighted by atomic mass is 10.5. The van der Waals surface area contributed by atoms with Crippen molar-refractivity contribution in [2.45, 2.75) is 17.1 Å². The van der Waals surface area contributed by atoms with Gasteiger partial charge in [-0.05, 0) is 24.8 Å². The van der Waals surface area contributed by atoms with Crippen molar-refractivity contribution in [1.82, 2.24) is 24.7 Å². The summed E-state index contributed by atoms with van der Waals surface area (Å²) in [6.07, 6.45) is 1.64. The molecule has 0 aromatic carbocycles. The molecule has 0 bridgehead atoms. The zero-order valence-electron chi connectivity index (χ0n) is 8.38. The highest BCUT2D eigenvalue weighted by Crippen LogP contribution is 2.23. The Morgan fingerprint density at radius 2 is 2.20 bits per heavy atom. The second kappa shape index (κ2) is 3.85. The number of hydrogen-bond donors (Lipinski definition) is 1. The van der Waals surface area contributed by atoms with Crippen LogP contribution >= 0.6 is 11.8 Å². The second-order valence-corrected chi connectivity index (χ2v) is 4.02. The fraction of sp³-hybridized carbons (Fsp3) is 0.250.